The lowest BCUT2D eigenvalue weighted by molar-refractivity contribution is 0.622. The van der Waals surface area contributed by atoms with E-state index < -0.39 is 0 Å². The van der Waals surface area contributed by atoms with Crippen LogP contribution in [0.2, 0.25) is 0 Å². The maximum Gasteiger partial charge on any atom is 0.123 e. The summed E-state index contributed by atoms with van der Waals surface area (Å²) in [4.78, 5) is 0. The zero-order valence-electron chi connectivity index (χ0n) is 9.17. The van der Waals surface area contributed by atoms with E-state index >= 15 is 0 Å². The van der Waals surface area contributed by atoms with E-state index in [1.165, 1.54) is 12.1 Å². The standard InChI is InChI=1S/C13H18FN/c1-10(2)13(4-3-9-15)11-5-7-12(14)8-6-11/h5-8,13H,1,3-4,9,15H2,2H3. The molecule has 0 aliphatic carbocycles. The van der Waals surface area contributed by atoms with Crippen molar-refractivity contribution in [3.63, 3.8) is 0 Å². The molecule has 2 N–H and O–H groups in total. The van der Waals surface area contributed by atoms with Gasteiger partial charge in [-0.2, -0.15) is 0 Å². The van der Waals surface area contributed by atoms with Gasteiger partial charge in [-0.15, -0.1) is 0 Å². The van der Waals surface area contributed by atoms with E-state index in [0.717, 1.165) is 24.0 Å². The summed E-state index contributed by atoms with van der Waals surface area (Å²) >= 11 is 0. The lowest BCUT2D eigenvalue weighted by Gasteiger charge is -2.17. The van der Waals surface area contributed by atoms with E-state index in [2.05, 4.69) is 6.58 Å². The van der Waals surface area contributed by atoms with Gasteiger partial charge in [0.25, 0.3) is 0 Å². The predicted octanol–water partition coefficient (Wildman–Crippen LogP) is 3.22. The van der Waals surface area contributed by atoms with Crippen LogP contribution in [0.3, 0.4) is 0 Å². The molecule has 0 saturated heterocycles. The van der Waals surface area contributed by atoms with E-state index in [-0.39, 0.29) is 5.82 Å². The Morgan fingerprint density at radius 2 is 2.00 bits per heavy atom. The Kier molecular flexibility index (Phi) is 4.50. The molecular weight excluding hydrogens is 189 g/mol. The number of allylic oxidation sites excluding steroid dienone is 1. The molecule has 1 atom stereocenters. The van der Waals surface area contributed by atoms with Gasteiger partial charge in [0.15, 0.2) is 0 Å². The van der Waals surface area contributed by atoms with Gasteiger partial charge in [0.2, 0.25) is 0 Å². The van der Waals surface area contributed by atoms with Gasteiger partial charge in [0.1, 0.15) is 5.82 Å². The van der Waals surface area contributed by atoms with Crippen molar-refractivity contribution in [3.05, 3.63) is 47.8 Å². The Morgan fingerprint density at radius 1 is 1.40 bits per heavy atom. The van der Waals surface area contributed by atoms with Crippen LogP contribution in [-0.4, -0.2) is 6.54 Å². The average molecular weight is 207 g/mol. The van der Waals surface area contributed by atoms with Gasteiger partial charge in [-0.25, -0.2) is 4.39 Å². The van der Waals surface area contributed by atoms with Crippen LogP contribution in [0.4, 0.5) is 4.39 Å². The minimum atomic E-state index is -0.196. The first-order valence-electron chi connectivity index (χ1n) is 5.26. The second-order valence-corrected chi connectivity index (χ2v) is 3.88. The van der Waals surface area contributed by atoms with E-state index in [4.69, 9.17) is 5.73 Å². The fraction of sp³-hybridized carbons (Fsp3) is 0.385. The summed E-state index contributed by atoms with van der Waals surface area (Å²) in [5, 5.41) is 0. The van der Waals surface area contributed by atoms with Crippen LogP contribution >= 0.6 is 0 Å². The monoisotopic (exact) mass is 207 g/mol. The molecule has 1 unspecified atom stereocenters. The first-order valence-corrected chi connectivity index (χ1v) is 5.26. The summed E-state index contributed by atoms with van der Waals surface area (Å²) < 4.78 is 12.8. The Morgan fingerprint density at radius 3 is 2.47 bits per heavy atom. The molecule has 0 bridgehead atoms. The SMILES string of the molecule is C=C(C)C(CCCN)c1ccc(F)cc1. The van der Waals surface area contributed by atoms with Crippen molar-refractivity contribution < 1.29 is 4.39 Å². The van der Waals surface area contributed by atoms with Gasteiger partial charge in [-0.1, -0.05) is 24.3 Å². The lowest BCUT2D eigenvalue weighted by atomic mass is 9.89. The summed E-state index contributed by atoms with van der Waals surface area (Å²) in [6.07, 6.45) is 1.95. The summed E-state index contributed by atoms with van der Waals surface area (Å²) in [6.45, 7) is 6.66. The molecule has 0 aliphatic rings. The molecule has 0 aromatic heterocycles. The predicted molar refractivity (Wildman–Crippen MR) is 62.2 cm³/mol. The van der Waals surface area contributed by atoms with Crippen molar-refractivity contribution in [1.29, 1.82) is 0 Å². The fourth-order valence-corrected chi connectivity index (χ4v) is 1.71. The highest BCUT2D eigenvalue weighted by Gasteiger charge is 2.11. The number of halogens is 1. The van der Waals surface area contributed by atoms with Crippen molar-refractivity contribution in [2.24, 2.45) is 5.73 Å². The number of rotatable bonds is 5. The maximum absolute atomic E-state index is 12.8. The van der Waals surface area contributed by atoms with Crippen LogP contribution in [0.5, 0.6) is 0 Å². The van der Waals surface area contributed by atoms with E-state index in [1.807, 2.05) is 19.1 Å². The zero-order valence-corrected chi connectivity index (χ0v) is 9.17. The quantitative estimate of drug-likeness (QED) is 0.737. The molecule has 1 aromatic carbocycles. The van der Waals surface area contributed by atoms with Crippen molar-refractivity contribution >= 4 is 0 Å². The number of benzene rings is 1. The first kappa shape index (κ1) is 11.9. The van der Waals surface area contributed by atoms with Crippen LogP contribution < -0.4 is 5.73 Å². The van der Waals surface area contributed by atoms with Crippen molar-refractivity contribution in [3.8, 4) is 0 Å². The van der Waals surface area contributed by atoms with E-state index in [0.29, 0.717) is 12.5 Å². The highest BCUT2D eigenvalue weighted by Crippen LogP contribution is 2.27. The summed E-state index contributed by atoms with van der Waals surface area (Å²) in [5.41, 5.74) is 7.72. The Balaban J connectivity index is 2.79. The molecule has 2 heteroatoms. The third kappa shape index (κ3) is 3.48. The van der Waals surface area contributed by atoms with Crippen LogP contribution in [0.15, 0.2) is 36.4 Å². The number of hydrogen-bond donors (Lipinski definition) is 1. The van der Waals surface area contributed by atoms with Gasteiger partial charge in [-0.05, 0) is 44.0 Å². The Labute approximate surface area is 90.8 Å². The number of hydrogen-bond acceptors (Lipinski definition) is 1. The molecule has 1 rings (SSSR count). The van der Waals surface area contributed by atoms with Crippen LogP contribution in [-0.2, 0) is 0 Å². The Hall–Kier alpha value is -1.15. The van der Waals surface area contributed by atoms with Crippen molar-refractivity contribution in [2.45, 2.75) is 25.7 Å². The normalized spacial score (nSPS) is 12.5. The van der Waals surface area contributed by atoms with E-state index in [9.17, 15) is 4.39 Å². The van der Waals surface area contributed by atoms with Gasteiger partial charge in [0.05, 0.1) is 0 Å². The molecule has 1 aromatic rings. The van der Waals surface area contributed by atoms with Crippen molar-refractivity contribution in [1.82, 2.24) is 0 Å². The molecular formula is C13H18FN. The summed E-state index contributed by atoms with van der Waals surface area (Å²) in [7, 11) is 0. The van der Waals surface area contributed by atoms with Crippen LogP contribution in [0.1, 0.15) is 31.2 Å². The minimum absolute atomic E-state index is 0.196. The maximum atomic E-state index is 12.8. The molecule has 0 aliphatic heterocycles. The molecule has 0 fully saturated rings. The summed E-state index contributed by atoms with van der Waals surface area (Å²) in [5.74, 6) is 0.104. The van der Waals surface area contributed by atoms with Gasteiger partial charge in [-0.3, -0.25) is 0 Å². The lowest BCUT2D eigenvalue weighted by Crippen LogP contribution is -2.05. The minimum Gasteiger partial charge on any atom is -0.330 e. The van der Waals surface area contributed by atoms with Crippen molar-refractivity contribution in [2.75, 3.05) is 6.54 Å². The molecule has 82 valence electrons. The molecule has 15 heavy (non-hydrogen) atoms. The molecule has 0 radical (unpaired) electrons. The fourth-order valence-electron chi connectivity index (χ4n) is 1.71. The van der Waals surface area contributed by atoms with Gasteiger partial charge >= 0.3 is 0 Å². The molecule has 1 nitrogen and oxygen atoms in total. The third-order valence-corrected chi connectivity index (χ3v) is 2.56. The highest BCUT2D eigenvalue weighted by molar-refractivity contribution is 5.27. The molecule has 0 amide bonds. The molecule has 0 saturated carbocycles. The van der Waals surface area contributed by atoms with Gasteiger partial charge in [0, 0.05) is 5.92 Å². The average Bonchev–Trinajstić information content (AvgIpc) is 2.21. The van der Waals surface area contributed by atoms with Crippen LogP contribution in [0, 0.1) is 5.82 Å². The number of nitrogens with two attached hydrogens (primary N) is 1. The second-order valence-electron chi connectivity index (χ2n) is 3.88. The van der Waals surface area contributed by atoms with Gasteiger partial charge < -0.3 is 5.73 Å². The van der Waals surface area contributed by atoms with E-state index in [1.54, 1.807) is 0 Å². The second kappa shape index (κ2) is 5.66. The Bertz CT molecular complexity index is 316. The smallest absolute Gasteiger partial charge is 0.123 e. The largest absolute Gasteiger partial charge is 0.330 e. The zero-order chi connectivity index (χ0) is 11.3. The first-order chi connectivity index (χ1) is 7.15. The van der Waals surface area contributed by atoms with Crippen LogP contribution in [0.25, 0.3) is 0 Å². The molecule has 0 heterocycles. The third-order valence-electron chi connectivity index (χ3n) is 2.56. The highest BCUT2D eigenvalue weighted by atomic mass is 19.1. The topological polar surface area (TPSA) is 26.0 Å². The molecule has 0 spiro atoms. The summed E-state index contributed by atoms with van der Waals surface area (Å²) in [6, 6.07) is 6.64.